The van der Waals surface area contributed by atoms with Crippen molar-refractivity contribution in [3.63, 3.8) is 0 Å². The Bertz CT molecular complexity index is 665. The first-order chi connectivity index (χ1) is 10.7. The van der Waals surface area contributed by atoms with Gasteiger partial charge < -0.3 is 0 Å². The van der Waals surface area contributed by atoms with Crippen LogP contribution >= 0.6 is 0 Å². The molecule has 0 bridgehead atoms. The second-order valence-corrected chi connectivity index (χ2v) is 6.64. The van der Waals surface area contributed by atoms with Crippen molar-refractivity contribution in [1.29, 1.82) is 0 Å². The van der Waals surface area contributed by atoms with E-state index in [4.69, 9.17) is 0 Å². The third kappa shape index (κ3) is 3.02. The third-order valence-electron chi connectivity index (χ3n) is 5.21. The molecule has 0 aliphatic heterocycles. The standard InChI is InChI=1S/C22H26/c1-4-17-7-6-8-21(14-17)18(5-2)13-16(3)20-11-9-19-10-12-22(19)15-20/h4,6-9,11,14-16,18H,1,5,10,12-13H2,2-3H3. The smallest absolute Gasteiger partial charge is 0.0159 e. The van der Waals surface area contributed by atoms with Crippen LogP contribution in [0.3, 0.4) is 0 Å². The molecule has 22 heavy (non-hydrogen) atoms. The van der Waals surface area contributed by atoms with Gasteiger partial charge in [-0.15, -0.1) is 0 Å². The van der Waals surface area contributed by atoms with Crippen LogP contribution in [0.15, 0.2) is 49.0 Å². The van der Waals surface area contributed by atoms with Crippen LogP contribution < -0.4 is 0 Å². The Hall–Kier alpha value is -1.82. The predicted molar refractivity (Wildman–Crippen MR) is 96.4 cm³/mol. The molecule has 0 amide bonds. The zero-order valence-electron chi connectivity index (χ0n) is 13.8. The molecule has 0 saturated heterocycles. The van der Waals surface area contributed by atoms with E-state index in [0.717, 1.165) is 0 Å². The highest BCUT2D eigenvalue weighted by Crippen LogP contribution is 2.34. The summed E-state index contributed by atoms with van der Waals surface area (Å²) in [5.74, 6) is 1.24. The lowest BCUT2D eigenvalue weighted by Gasteiger charge is -2.24. The summed E-state index contributed by atoms with van der Waals surface area (Å²) >= 11 is 0. The van der Waals surface area contributed by atoms with Crippen LogP contribution in [0.4, 0.5) is 0 Å². The van der Waals surface area contributed by atoms with Crippen LogP contribution in [0, 0.1) is 0 Å². The number of hydrogen-bond donors (Lipinski definition) is 0. The predicted octanol–water partition coefficient (Wildman–Crippen LogP) is 6.12. The number of fused-ring (bicyclic) bond motifs is 1. The van der Waals surface area contributed by atoms with Crippen molar-refractivity contribution in [2.75, 3.05) is 0 Å². The second-order valence-electron chi connectivity index (χ2n) is 6.64. The summed E-state index contributed by atoms with van der Waals surface area (Å²) in [5, 5.41) is 0. The summed E-state index contributed by atoms with van der Waals surface area (Å²) in [6.45, 7) is 8.57. The van der Waals surface area contributed by atoms with Crippen LogP contribution in [0.5, 0.6) is 0 Å². The Morgan fingerprint density at radius 1 is 1.05 bits per heavy atom. The van der Waals surface area contributed by atoms with Crippen molar-refractivity contribution in [2.45, 2.75) is 51.4 Å². The minimum absolute atomic E-state index is 0.614. The molecule has 1 aliphatic carbocycles. The van der Waals surface area contributed by atoms with Gasteiger partial charge >= 0.3 is 0 Å². The van der Waals surface area contributed by atoms with Crippen LogP contribution in [-0.2, 0) is 12.8 Å². The first kappa shape index (κ1) is 15.1. The zero-order valence-corrected chi connectivity index (χ0v) is 13.8. The van der Waals surface area contributed by atoms with Crippen LogP contribution in [0.1, 0.15) is 66.3 Å². The topological polar surface area (TPSA) is 0 Å². The van der Waals surface area contributed by atoms with Crippen LogP contribution in [-0.4, -0.2) is 0 Å². The molecule has 0 aromatic heterocycles. The Morgan fingerprint density at radius 3 is 2.50 bits per heavy atom. The summed E-state index contributed by atoms with van der Waals surface area (Å²) in [4.78, 5) is 0. The normalized spacial score (nSPS) is 15.5. The van der Waals surface area contributed by atoms with Crippen LogP contribution in [0.25, 0.3) is 6.08 Å². The maximum absolute atomic E-state index is 3.89. The van der Waals surface area contributed by atoms with Gasteiger partial charge in [0.1, 0.15) is 0 Å². The van der Waals surface area contributed by atoms with E-state index in [1.807, 2.05) is 6.08 Å². The first-order valence-corrected chi connectivity index (χ1v) is 8.55. The second kappa shape index (κ2) is 6.52. The zero-order chi connectivity index (χ0) is 15.5. The SMILES string of the molecule is C=Cc1cccc(C(CC)CC(C)c2ccc3c(c2)CC3)c1. The molecule has 0 radical (unpaired) electrons. The molecule has 3 rings (SSSR count). The van der Waals surface area contributed by atoms with E-state index in [0.29, 0.717) is 11.8 Å². The number of hydrogen-bond acceptors (Lipinski definition) is 0. The van der Waals surface area contributed by atoms with E-state index in [1.165, 1.54) is 42.4 Å². The van der Waals surface area contributed by atoms with Crippen molar-refractivity contribution in [3.05, 3.63) is 76.9 Å². The van der Waals surface area contributed by atoms with E-state index in [1.54, 1.807) is 11.1 Å². The summed E-state index contributed by atoms with van der Waals surface area (Å²) in [6, 6.07) is 16.0. The minimum Gasteiger partial charge on any atom is -0.0985 e. The molecular formula is C22H26. The van der Waals surface area contributed by atoms with Crippen molar-refractivity contribution < 1.29 is 0 Å². The van der Waals surface area contributed by atoms with Gasteiger partial charge in [0.15, 0.2) is 0 Å². The van der Waals surface area contributed by atoms with E-state index in [-0.39, 0.29) is 0 Å². The molecule has 0 heterocycles. The Morgan fingerprint density at radius 2 is 1.86 bits per heavy atom. The molecule has 1 aliphatic rings. The van der Waals surface area contributed by atoms with E-state index >= 15 is 0 Å². The van der Waals surface area contributed by atoms with Crippen molar-refractivity contribution in [2.24, 2.45) is 0 Å². The highest BCUT2D eigenvalue weighted by Gasteiger charge is 2.18. The summed E-state index contributed by atoms with van der Waals surface area (Å²) in [6.07, 6.45) is 6.90. The van der Waals surface area contributed by atoms with Gasteiger partial charge in [-0.1, -0.05) is 69.0 Å². The summed E-state index contributed by atoms with van der Waals surface area (Å²) in [7, 11) is 0. The van der Waals surface area contributed by atoms with Crippen molar-refractivity contribution >= 4 is 6.08 Å². The van der Waals surface area contributed by atoms with Gasteiger partial charge in [-0.3, -0.25) is 0 Å². The number of rotatable bonds is 6. The molecular weight excluding hydrogens is 264 g/mol. The molecule has 2 unspecified atom stereocenters. The summed E-state index contributed by atoms with van der Waals surface area (Å²) < 4.78 is 0. The maximum atomic E-state index is 3.89. The molecule has 2 aromatic rings. The van der Waals surface area contributed by atoms with E-state index < -0.39 is 0 Å². The quantitative estimate of drug-likeness (QED) is 0.601. The van der Waals surface area contributed by atoms with Gasteiger partial charge in [-0.05, 0) is 65.3 Å². The van der Waals surface area contributed by atoms with E-state index in [2.05, 4.69) is 62.9 Å². The fraction of sp³-hybridized carbons (Fsp3) is 0.364. The minimum atomic E-state index is 0.614. The van der Waals surface area contributed by atoms with Gasteiger partial charge in [0.05, 0.1) is 0 Å². The molecule has 0 nitrogen and oxygen atoms in total. The Balaban J connectivity index is 1.76. The molecule has 0 heteroatoms. The lowest BCUT2D eigenvalue weighted by molar-refractivity contribution is 0.543. The molecule has 2 aromatic carbocycles. The molecule has 0 spiro atoms. The van der Waals surface area contributed by atoms with Crippen molar-refractivity contribution in [1.82, 2.24) is 0 Å². The Labute approximate surface area is 134 Å². The van der Waals surface area contributed by atoms with Gasteiger partial charge in [-0.2, -0.15) is 0 Å². The van der Waals surface area contributed by atoms with Gasteiger partial charge in [0.2, 0.25) is 0 Å². The molecule has 2 atom stereocenters. The van der Waals surface area contributed by atoms with Gasteiger partial charge in [0.25, 0.3) is 0 Å². The number of benzene rings is 2. The third-order valence-corrected chi connectivity index (χ3v) is 5.21. The number of aryl methyl sites for hydroxylation is 2. The molecule has 0 fully saturated rings. The lowest BCUT2D eigenvalue weighted by atomic mass is 9.81. The molecule has 114 valence electrons. The summed E-state index contributed by atoms with van der Waals surface area (Å²) in [5.41, 5.74) is 7.32. The average Bonchev–Trinajstić information content (AvgIpc) is 2.53. The highest BCUT2D eigenvalue weighted by atomic mass is 14.2. The maximum Gasteiger partial charge on any atom is -0.0159 e. The first-order valence-electron chi connectivity index (χ1n) is 8.55. The molecule has 0 N–H and O–H groups in total. The fourth-order valence-electron chi connectivity index (χ4n) is 3.56. The van der Waals surface area contributed by atoms with Gasteiger partial charge in [0, 0.05) is 0 Å². The van der Waals surface area contributed by atoms with Crippen molar-refractivity contribution in [3.8, 4) is 0 Å². The van der Waals surface area contributed by atoms with Crippen LogP contribution in [0.2, 0.25) is 0 Å². The molecule has 0 saturated carbocycles. The Kier molecular flexibility index (Phi) is 4.47. The highest BCUT2D eigenvalue weighted by molar-refractivity contribution is 5.48. The van der Waals surface area contributed by atoms with Gasteiger partial charge in [-0.25, -0.2) is 0 Å². The fourth-order valence-corrected chi connectivity index (χ4v) is 3.56. The largest absolute Gasteiger partial charge is 0.0985 e. The monoisotopic (exact) mass is 290 g/mol. The average molecular weight is 290 g/mol. The lowest BCUT2D eigenvalue weighted by Crippen LogP contribution is -2.10. The van der Waals surface area contributed by atoms with E-state index in [9.17, 15) is 0 Å².